The summed E-state index contributed by atoms with van der Waals surface area (Å²) in [4.78, 5) is 20.3. The number of nitrogens with zero attached hydrogens (tertiary/aromatic N) is 4. The fraction of sp³-hybridized carbons (Fsp3) is 0.300. The van der Waals surface area contributed by atoms with Crippen molar-refractivity contribution in [3.8, 4) is 0 Å². The molecule has 0 saturated heterocycles. The van der Waals surface area contributed by atoms with E-state index in [-0.39, 0.29) is 0 Å². The lowest BCUT2D eigenvalue weighted by Crippen LogP contribution is -2.33. The lowest BCUT2D eigenvalue weighted by Gasteiger charge is -2.35. The number of H-pyrrole nitrogens is 1. The molecule has 6 rings (SSSR count). The molecule has 0 radical (unpaired) electrons. The van der Waals surface area contributed by atoms with E-state index in [0.29, 0.717) is 6.04 Å². The van der Waals surface area contributed by atoms with E-state index in [1.54, 1.807) is 0 Å². The summed E-state index contributed by atoms with van der Waals surface area (Å²) in [6.07, 6.45) is 11.4. The van der Waals surface area contributed by atoms with Crippen LogP contribution >= 0.6 is 0 Å². The maximum atomic E-state index is 4.86. The molecule has 0 saturated carbocycles. The van der Waals surface area contributed by atoms with Crippen LogP contribution in [-0.2, 0) is 13.0 Å². The van der Waals surface area contributed by atoms with Crippen LogP contribution in [0.2, 0.25) is 0 Å². The maximum absolute atomic E-state index is 4.86. The number of hydrogen-bond donors (Lipinski definition) is 2. The number of anilines is 1. The van der Waals surface area contributed by atoms with Crippen molar-refractivity contribution in [3.63, 3.8) is 0 Å². The zero-order chi connectivity index (χ0) is 24.2. The highest BCUT2D eigenvalue weighted by Gasteiger charge is 2.28. The smallest absolute Gasteiger partial charge is 0.125 e. The topological polar surface area (TPSA) is 69.7 Å². The van der Waals surface area contributed by atoms with Crippen LogP contribution in [0.15, 0.2) is 79.3 Å². The zero-order valence-corrected chi connectivity index (χ0v) is 20.5. The van der Waals surface area contributed by atoms with Crippen LogP contribution in [0, 0.1) is 0 Å². The Morgan fingerprint density at radius 1 is 0.861 bits per heavy atom. The van der Waals surface area contributed by atoms with Crippen LogP contribution in [0.5, 0.6) is 0 Å². The van der Waals surface area contributed by atoms with Crippen molar-refractivity contribution < 1.29 is 0 Å². The number of aryl methyl sites for hydroxylation is 1. The standard InChI is InChI=1S/C30H32N6/c1-2-12-25-23(11-1)24-15-19-31-26(30(24)35-25)21-36(20-6-5-17-33-28-14-3-4-16-32-28)27-13-7-9-22-10-8-18-34-29(22)27/h1-4,8,10-12,14-16,18-19,27,35H,5-7,9,13,17,20-21H2,(H,32,33). The Kier molecular flexibility index (Phi) is 6.59. The molecule has 1 aliphatic carbocycles. The molecule has 1 aliphatic rings. The predicted molar refractivity (Wildman–Crippen MR) is 146 cm³/mol. The second-order valence-electron chi connectivity index (χ2n) is 9.63. The van der Waals surface area contributed by atoms with Crippen LogP contribution in [0.1, 0.15) is 48.7 Å². The molecule has 4 heterocycles. The number of para-hydroxylation sites is 1. The number of aromatic amines is 1. The second kappa shape index (κ2) is 10.5. The number of nitrogens with one attached hydrogen (secondary N) is 2. The maximum Gasteiger partial charge on any atom is 0.125 e. The van der Waals surface area contributed by atoms with Crippen LogP contribution in [0.25, 0.3) is 21.8 Å². The number of aromatic nitrogens is 4. The molecule has 6 heteroatoms. The molecule has 4 aromatic heterocycles. The van der Waals surface area contributed by atoms with E-state index in [2.05, 4.69) is 62.6 Å². The first-order valence-electron chi connectivity index (χ1n) is 13.0. The quantitative estimate of drug-likeness (QED) is 0.245. The van der Waals surface area contributed by atoms with Crippen molar-refractivity contribution >= 4 is 27.6 Å². The number of benzene rings is 1. The third kappa shape index (κ3) is 4.69. The lowest BCUT2D eigenvalue weighted by atomic mass is 9.90. The van der Waals surface area contributed by atoms with E-state index < -0.39 is 0 Å². The number of pyridine rings is 3. The Balaban J connectivity index is 1.24. The molecule has 0 spiro atoms. The first kappa shape index (κ1) is 22.7. The number of fused-ring (bicyclic) bond motifs is 4. The van der Waals surface area contributed by atoms with Gasteiger partial charge in [0, 0.05) is 48.0 Å². The Hall–Kier alpha value is -3.77. The highest BCUT2D eigenvalue weighted by atomic mass is 15.2. The minimum atomic E-state index is 0.320. The Morgan fingerprint density at radius 3 is 2.72 bits per heavy atom. The van der Waals surface area contributed by atoms with Gasteiger partial charge in [-0.25, -0.2) is 4.98 Å². The molecule has 36 heavy (non-hydrogen) atoms. The van der Waals surface area contributed by atoms with Gasteiger partial charge in [0.2, 0.25) is 0 Å². The summed E-state index contributed by atoms with van der Waals surface area (Å²) in [7, 11) is 0. The Bertz CT molecular complexity index is 1440. The largest absolute Gasteiger partial charge is 0.370 e. The minimum absolute atomic E-state index is 0.320. The van der Waals surface area contributed by atoms with E-state index in [1.807, 2.05) is 36.8 Å². The Morgan fingerprint density at radius 2 is 1.78 bits per heavy atom. The lowest BCUT2D eigenvalue weighted by molar-refractivity contribution is 0.162. The summed E-state index contributed by atoms with van der Waals surface area (Å²) < 4.78 is 0. The summed E-state index contributed by atoms with van der Waals surface area (Å²) >= 11 is 0. The summed E-state index contributed by atoms with van der Waals surface area (Å²) in [6, 6.07) is 21.3. The van der Waals surface area contributed by atoms with Crippen molar-refractivity contribution in [1.82, 2.24) is 24.8 Å². The minimum Gasteiger partial charge on any atom is -0.370 e. The SMILES string of the molecule is c1ccc(NCCCCN(Cc2nccc3c2[nH]c2ccccc23)C2CCCc3cccnc32)nc1. The number of unbranched alkanes of at least 4 members (excludes halogenated alkanes) is 1. The van der Waals surface area contributed by atoms with E-state index in [9.17, 15) is 0 Å². The van der Waals surface area contributed by atoms with Gasteiger partial charge in [-0.2, -0.15) is 0 Å². The van der Waals surface area contributed by atoms with Gasteiger partial charge in [0.05, 0.1) is 22.9 Å². The molecule has 0 amide bonds. The monoisotopic (exact) mass is 476 g/mol. The van der Waals surface area contributed by atoms with E-state index in [4.69, 9.17) is 9.97 Å². The Labute approximate surface area is 211 Å². The van der Waals surface area contributed by atoms with E-state index >= 15 is 0 Å². The van der Waals surface area contributed by atoms with Gasteiger partial charge in [-0.3, -0.25) is 14.9 Å². The van der Waals surface area contributed by atoms with Crippen molar-refractivity contribution in [3.05, 3.63) is 96.2 Å². The molecule has 1 atom stereocenters. The third-order valence-electron chi connectivity index (χ3n) is 7.31. The average molecular weight is 477 g/mol. The van der Waals surface area contributed by atoms with Gasteiger partial charge in [0.25, 0.3) is 0 Å². The molecule has 1 unspecified atom stereocenters. The van der Waals surface area contributed by atoms with Gasteiger partial charge >= 0.3 is 0 Å². The van der Waals surface area contributed by atoms with Crippen LogP contribution in [0.4, 0.5) is 5.82 Å². The molecular weight excluding hydrogens is 444 g/mol. The van der Waals surface area contributed by atoms with Crippen molar-refractivity contribution in [2.45, 2.75) is 44.7 Å². The highest BCUT2D eigenvalue weighted by Crippen LogP contribution is 2.35. The fourth-order valence-corrected chi connectivity index (χ4v) is 5.55. The summed E-state index contributed by atoms with van der Waals surface area (Å²) in [6.45, 7) is 2.72. The van der Waals surface area contributed by atoms with Gasteiger partial charge in [0.15, 0.2) is 0 Å². The first-order valence-corrected chi connectivity index (χ1v) is 13.0. The number of hydrogen-bond acceptors (Lipinski definition) is 5. The van der Waals surface area contributed by atoms with Crippen LogP contribution in [-0.4, -0.2) is 37.9 Å². The molecule has 1 aromatic carbocycles. The van der Waals surface area contributed by atoms with Crippen LogP contribution in [0.3, 0.4) is 0 Å². The number of rotatable bonds is 9. The van der Waals surface area contributed by atoms with Crippen molar-refractivity contribution in [1.29, 1.82) is 0 Å². The van der Waals surface area contributed by atoms with Gasteiger partial charge in [-0.15, -0.1) is 0 Å². The molecule has 5 aromatic rings. The molecule has 2 N–H and O–H groups in total. The van der Waals surface area contributed by atoms with Gasteiger partial charge in [0.1, 0.15) is 5.82 Å². The molecule has 6 nitrogen and oxygen atoms in total. The van der Waals surface area contributed by atoms with E-state index in [1.165, 1.54) is 34.0 Å². The van der Waals surface area contributed by atoms with Gasteiger partial charge < -0.3 is 10.3 Å². The van der Waals surface area contributed by atoms with Crippen molar-refractivity contribution in [2.75, 3.05) is 18.4 Å². The molecule has 0 aliphatic heterocycles. The van der Waals surface area contributed by atoms with Gasteiger partial charge in [-0.1, -0.05) is 30.3 Å². The second-order valence-corrected chi connectivity index (χ2v) is 9.63. The summed E-state index contributed by atoms with van der Waals surface area (Å²) in [5.41, 5.74) is 6.07. The summed E-state index contributed by atoms with van der Waals surface area (Å²) in [5.74, 6) is 0.939. The molecule has 0 bridgehead atoms. The highest BCUT2D eigenvalue weighted by molar-refractivity contribution is 6.07. The van der Waals surface area contributed by atoms with E-state index in [0.717, 1.165) is 62.3 Å². The first-order chi connectivity index (χ1) is 17.9. The normalized spacial score (nSPS) is 15.4. The fourth-order valence-electron chi connectivity index (χ4n) is 5.55. The molecular formula is C30H32N6. The van der Waals surface area contributed by atoms with Crippen LogP contribution < -0.4 is 5.32 Å². The zero-order valence-electron chi connectivity index (χ0n) is 20.5. The predicted octanol–water partition coefficient (Wildman–Crippen LogP) is 6.28. The molecule has 0 fully saturated rings. The molecule has 182 valence electrons. The van der Waals surface area contributed by atoms with Crippen molar-refractivity contribution in [2.24, 2.45) is 0 Å². The van der Waals surface area contributed by atoms with Gasteiger partial charge in [-0.05, 0) is 74.5 Å². The summed E-state index contributed by atoms with van der Waals surface area (Å²) in [5, 5.41) is 5.95. The average Bonchev–Trinajstić information content (AvgIpc) is 3.32. The third-order valence-corrected chi connectivity index (χ3v) is 7.31.